The Labute approximate surface area is 128 Å². The van der Waals surface area contributed by atoms with Crippen molar-refractivity contribution in [2.24, 2.45) is 0 Å². The number of benzene rings is 1. The van der Waals surface area contributed by atoms with Crippen LogP contribution in [0.5, 0.6) is 5.75 Å². The van der Waals surface area contributed by atoms with Gasteiger partial charge in [0.05, 0.1) is 6.10 Å². The number of alkyl halides is 2. The SMILES string of the molecule is CC(C)OC(=O)C(C)NP(=O)(Oc1ccccc1)C(C)(F)F. The summed E-state index contributed by atoms with van der Waals surface area (Å²) in [5, 5.41) is 2.10. The number of para-hydroxylation sites is 1. The van der Waals surface area contributed by atoms with E-state index in [1.807, 2.05) is 0 Å². The fraction of sp³-hybridized carbons (Fsp3) is 0.500. The maximum atomic E-state index is 13.7. The molecule has 0 aliphatic carbocycles. The van der Waals surface area contributed by atoms with E-state index in [4.69, 9.17) is 9.26 Å². The molecule has 0 saturated heterocycles. The third kappa shape index (κ3) is 5.07. The van der Waals surface area contributed by atoms with Crippen molar-refractivity contribution in [3.05, 3.63) is 30.3 Å². The molecule has 2 atom stereocenters. The van der Waals surface area contributed by atoms with Crippen molar-refractivity contribution in [3.8, 4) is 5.75 Å². The first-order chi connectivity index (χ1) is 10.0. The van der Waals surface area contributed by atoms with E-state index >= 15 is 0 Å². The van der Waals surface area contributed by atoms with E-state index in [9.17, 15) is 18.1 Å². The van der Waals surface area contributed by atoms with E-state index < -0.39 is 31.3 Å². The molecule has 0 fully saturated rings. The first kappa shape index (κ1) is 18.6. The molecule has 124 valence electrons. The number of hydrogen-bond donors (Lipinski definition) is 1. The van der Waals surface area contributed by atoms with Gasteiger partial charge < -0.3 is 9.26 Å². The van der Waals surface area contributed by atoms with Gasteiger partial charge in [-0.15, -0.1) is 0 Å². The first-order valence-corrected chi connectivity index (χ1v) is 8.38. The van der Waals surface area contributed by atoms with E-state index in [1.54, 1.807) is 32.0 Å². The summed E-state index contributed by atoms with van der Waals surface area (Å²) in [5.41, 5.74) is -3.67. The Hall–Kier alpha value is -1.46. The van der Waals surface area contributed by atoms with E-state index in [0.29, 0.717) is 6.92 Å². The van der Waals surface area contributed by atoms with Gasteiger partial charge in [0.25, 0.3) is 0 Å². The van der Waals surface area contributed by atoms with Crippen LogP contribution >= 0.6 is 7.52 Å². The standard InChI is InChI=1S/C14H20F2NO4P/c1-10(2)20-13(18)11(3)17-22(19,14(4,15)16)21-12-8-6-5-7-9-12/h5-11H,1-4H3,(H,17,19). The van der Waals surface area contributed by atoms with Gasteiger partial charge in [0.2, 0.25) is 0 Å². The molecule has 2 unspecified atom stereocenters. The van der Waals surface area contributed by atoms with Gasteiger partial charge in [0.1, 0.15) is 11.8 Å². The molecule has 0 aromatic heterocycles. The minimum absolute atomic E-state index is 0.0179. The molecule has 0 saturated carbocycles. The molecule has 1 rings (SSSR count). The Morgan fingerprint density at radius 3 is 2.23 bits per heavy atom. The summed E-state index contributed by atoms with van der Waals surface area (Å²) in [6.07, 6.45) is -0.409. The Kier molecular flexibility index (Phi) is 6.08. The van der Waals surface area contributed by atoms with Crippen molar-refractivity contribution in [1.82, 2.24) is 5.09 Å². The van der Waals surface area contributed by atoms with E-state index in [2.05, 4.69) is 5.09 Å². The smallest absolute Gasteiger partial charge is 0.385 e. The highest BCUT2D eigenvalue weighted by Gasteiger charge is 2.50. The number of ether oxygens (including phenoxy) is 1. The fourth-order valence-electron chi connectivity index (χ4n) is 1.49. The minimum Gasteiger partial charge on any atom is -0.462 e. The molecule has 1 aromatic carbocycles. The van der Waals surface area contributed by atoms with Crippen LogP contribution < -0.4 is 9.61 Å². The van der Waals surface area contributed by atoms with Crippen molar-refractivity contribution in [2.75, 3.05) is 0 Å². The Morgan fingerprint density at radius 2 is 1.77 bits per heavy atom. The fourth-order valence-corrected chi connectivity index (χ4v) is 2.97. The average molecular weight is 335 g/mol. The molecule has 0 amide bonds. The zero-order valence-corrected chi connectivity index (χ0v) is 13.8. The summed E-state index contributed by atoms with van der Waals surface area (Å²) in [6.45, 7) is 5.01. The maximum Gasteiger partial charge on any atom is 0.385 e. The topological polar surface area (TPSA) is 64.6 Å². The highest BCUT2D eigenvalue weighted by atomic mass is 31.2. The van der Waals surface area contributed by atoms with Crippen LogP contribution in [-0.2, 0) is 14.1 Å². The van der Waals surface area contributed by atoms with Crippen LogP contribution in [0.25, 0.3) is 0 Å². The number of nitrogens with one attached hydrogen (secondary N) is 1. The Balaban J connectivity index is 2.94. The molecule has 0 aliphatic rings. The number of hydrogen-bond acceptors (Lipinski definition) is 4. The quantitative estimate of drug-likeness (QED) is 0.606. The largest absolute Gasteiger partial charge is 0.462 e. The summed E-state index contributed by atoms with van der Waals surface area (Å²) < 4.78 is 49.9. The number of esters is 1. The highest BCUT2D eigenvalue weighted by molar-refractivity contribution is 7.58. The number of rotatable bonds is 7. The third-order valence-electron chi connectivity index (χ3n) is 2.56. The molecular weight excluding hydrogens is 315 g/mol. The lowest BCUT2D eigenvalue weighted by atomic mass is 10.3. The molecular formula is C14H20F2NO4P. The normalized spacial score (nSPS) is 16.0. The van der Waals surface area contributed by atoms with Crippen molar-refractivity contribution >= 4 is 13.5 Å². The molecule has 0 spiro atoms. The van der Waals surface area contributed by atoms with Crippen LogP contribution in [0.3, 0.4) is 0 Å². The van der Waals surface area contributed by atoms with E-state index in [1.165, 1.54) is 19.1 Å². The molecule has 0 radical (unpaired) electrons. The predicted octanol–water partition coefficient (Wildman–Crippen LogP) is 3.80. The predicted molar refractivity (Wildman–Crippen MR) is 79.1 cm³/mol. The van der Waals surface area contributed by atoms with Crippen LogP contribution in [0.1, 0.15) is 27.7 Å². The van der Waals surface area contributed by atoms with Gasteiger partial charge in [-0.25, -0.2) is 5.09 Å². The van der Waals surface area contributed by atoms with Crippen LogP contribution in [-0.4, -0.2) is 23.8 Å². The highest BCUT2D eigenvalue weighted by Crippen LogP contribution is 2.57. The lowest BCUT2D eigenvalue weighted by Crippen LogP contribution is -2.39. The van der Waals surface area contributed by atoms with Crippen molar-refractivity contribution in [1.29, 1.82) is 0 Å². The maximum absolute atomic E-state index is 13.7. The lowest BCUT2D eigenvalue weighted by Gasteiger charge is -2.27. The Morgan fingerprint density at radius 1 is 1.23 bits per heavy atom. The molecule has 22 heavy (non-hydrogen) atoms. The van der Waals surface area contributed by atoms with Crippen LogP contribution in [0, 0.1) is 0 Å². The molecule has 5 nitrogen and oxygen atoms in total. The van der Waals surface area contributed by atoms with Crippen LogP contribution in [0.2, 0.25) is 0 Å². The summed E-state index contributed by atoms with van der Waals surface area (Å²) in [4.78, 5) is 11.7. The average Bonchev–Trinajstić information content (AvgIpc) is 2.37. The van der Waals surface area contributed by atoms with E-state index in [-0.39, 0.29) is 5.75 Å². The van der Waals surface area contributed by atoms with Gasteiger partial charge in [0.15, 0.2) is 0 Å². The summed E-state index contributed by atoms with van der Waals surface area (Å²) in [6, 6.07) is 6.38. The molecule has 1 N–H and O–H groups in total. The number of halogens is 2. The zero-order valence-electron chi connectivity index (χ0n) is 12.9. The summed E-state index contributed by atoms with van der Waals surface area (Å²) in [7, 11) is -4.66. The Bertz CT molecular complexity index is 546. The zero-order chi connectivity index (χ0) is 17.0. The van der Waals surface area contributed by atoms with E-state index in [0.717, 1.165) is 0 Å². The number of carbonyl (C=O) groups is 1. The second-order valence-corrected chi connectivity index (χ2v) is 7.46. The summed E-state index contributed by atoms with van der Waals surface area (Å²) >= 11 is 0. The minimum atomic E-state index is -4.66. The molecule has 8 heteroatoms. The third-order valence-corrected chi connectivity index (χ3v) is 4.79. The molecule has 0 aliphatic heterocycles. The van der Waals surface area contributed by atoms with Crippen LogP contribution in [0.15, 0.2) is 30.3 Å². The van der Waals surface area contributed by atoms with Gasteiger partial charge in [-0.2, -0.15) is 8.78 Å². The van der Waals surface area contributed by atoms with Gasteiger partial charge in [-0.05, 0) is 32.9 Å². The second-order valence-electron chi connectivity index (χ2n) is 5.13. The number of carbonyl (C=O) groups excluding carboxylic acids is 1. The molecule has 0 heterocycles. The van der Waals surface area contributed by atoms with Crippen molar-refractivity contribution < 1.29 is 27.4 Å². The van der Waals surface area contributed by atoms with Gasteiger partial charge in [-0.3, -0.25) is 9.36 Å². The van der Waals surface area contributed by atoms with Crippen molar-refractivity contribution in [2.45, 2.75) is 45.5 Å². The van der Waals surface area contributed by atoms with Gasteiger partial charge in [-0.1, -0.05) is 18.2 Å². The second kappa shape index (κ2) is 7.20. The van der Waals surface area contributed by atoms with Crippen LogP contribution in [0.4, 0.5) is 8.78 Å². The summed E-state index contributed by atoms with van der Waals surface area (Å²) in [5.74, 6) is -0.763. The van der Waals surface area contributed by atoms with Gasteiger partial charge >= 0.3 is 19.2 Å². The van der Waals surface area contributed by atoms with Crippen molar-refractivity contribution in [3.63, 3.8) is 0 Å². The first-order valence-electron chi connectivity index (χ1n) is 6.76. The monoisotopic (exact) mass is 335 g/mol. The molecule has 0 bridgehead atoms. The lowest BCUT2D eigenvalue weighted by molar-refractivity contribution is -0.149. The molecule has 1 aromatic rings. The van der Waals surface area contributed by atoms with Gasteiger partial charge in [0, 0.05) is 6.92 Å².